The van der Waals surface area contributed by atoms with Crippen LogP contribution >= 0.6 is 11.6 Å². The number of rotatable bonds is 3. The molecule has 1 aromatic heterocycles. The Balaban J connectivity index is 2.74. The molecule has 0 aliphatic carbocycles. The number of aromatic nitrogens is 1. The maximum atomic E-state index is 11.5. The molecule has 5 heteroatoms. The minimum atomic E-state index is -0.254. The molecule has 1 atom stereocenters. The van der Waals surface area contributed by atoms with Crippen molar-refractivity contribution in [2.45, 2.75) is 13.0 Å². The van der Waals surface area contributed by atoms with Crippen molar-refractivity contribution in [2.75, 3.05) is 6.61 Å². The molecule has 4 nitrogen and oxygen atoms in total. The van der Waals surface area contributed by atoms with Crippen molar-refractivity contribution in [1.29, 1.82) is 0 Å². The Morgan fingerprint density at radius 2 is 2.43 bits per heavy atom. The molecule has 0 bridgehead atoms. The molecular formula is C9H13ClN2O2. The lowest BCUT2D eigenvalue weighted by Crippen LogP contribution is -2.35. The molecule has 0 radical (unpaired) electrons. The van der Waals surface area contributed by atoms with Crippen LogP contribution in [0, 0.1) is 0 Å². The number of hydrogen-bond donors (Lipinski definition) is 2. The third-order valence-corrected chi connectivity index (χ3v) is 2.06. The summed E-state index contributed by atoms with van der Waals surface area (Å²) in [6, 6.07) is 1.33. The molecule has 1 rings (SSSR count). The van der Waals surface area contributed by atoms with E-state index in [0.29, 0.717) is 10.7 Å². The number of aliphatic hydroxyl groups excluding tert-OH is 1. The number of hydrogen-bond acceptors (Lipinski definition) is 2. The summed E-state index contributed by atoms with van der Waals surface area (Å²) in [6.45, 7) is 1.65. The van der Waals surface area contributed by atoms with E-state index in [1.165, 1.54) is 0 Å². The second-order valence-electron chi connectivity index (χ2n) is 3.21. The molecule has 0 aliphatic heterocycles. The monoisotopic (exact) mass is 216 g/mol. The van der Waals surface area contributed by atoms with Crippen LogP contribution in [0.1, 0.15) is 17.4 Å². The second-order valence-corrected chi connectivity index (χ2v) is 3.65. The zero-order chi connectivity index (χ0) is 10.7. The van der Waals surface area contributed by atoms with Gasteiger partial charge in [0.05, 0.1) is 11.6 Å². The predicted molar refractivity (Wildman–Crippen MR) is 54.4 cm³/mol. The van der Waals surface area contributed by atoms with Gasteiger partial charge in [-0.1, -0.05) is 11.6 Å². The molecular weight excluding hydrogens is 204 g/mol. The Kier molecular flexibility index (Phi) is 3.55. The molecule has 0 saturated heterocycles. The Morgan fingerprint density at radius 1 is 1.79 bits per heavy atom. The van der Waals surface area contributed by atoms with Crippen LogP contribution < -0.4 is 5.32 Å². The Morgan fingerprint density at radius 3 is 2.86 bits per heavy atom. The van der Waals surface area contributed by atoms with Crippen LogP contribution in [0.4, 0.5) is 0 Å². The molecule has 1 heterocycles. The van der Waals surface area contributed by atoms with Gasteiger partial charge in [0.25, 0.3) is 5.91 Å². The van der Waals surface area contributed by atoms with Crippen LogP contribution in [-0.2, 0) is 7.05 Å². The topological polar surface area (TPSA) is 54.3 Å². The molecule has 2 N–H and O–H groups in total. The van der Waals surface area contributed by atoms with Crippen molar-refractivity contribution in [3.63, 3.8) is 0 Å². The summed E-state index contributed by atoms with van der Waals surface area (Å²) in [5.41, 5.74) is 0.482. The van der Waals surface area contributed by atoms with E-state index >= 15 is 0 Å². The van der Waals surface area contributed by atoms with Crippen molar-refractivity contribution in [1.82, 2.24) is 9.88 Å². The van der Waals surface area contributed by atoms with Gasteiger partial charge in [0.15, 0.2) is 0 Å². The fourth-order valence-electron chi connectivity index (χ4n) is 1.09. The molecule has 78 valence electrons. The Bertz CT molecular complexity index is 336. The van der Waals surface area contributed by atoms with Crippen molar-refractivity contribution in [3.8, 4) is 0 Å². The van der Waals surface area contributed by atoms with Crippen LogP contribution in [0.25, 0.3) is 0 Å². The molecule has 0 unspecified atom stereocenters. The molecule has 0 fully saturated rings. The van der Waals surface area contributed by atoms with Crippen LogP contribution in [0.5, 0.6) is 0 Å². The van der Waals surface area contributed by atoms with E-state index in [9.17, 15) is 4.79 Å². The predicted octanol–water partition coefficient (Wildman–Crippen LogP) is 0.789. The fraction of sp³-hybridized carbons (Fsp3) is 0.444. The fourth-order valence-corrected chi connectivity index (χ4v) is 1.34. The van der Waals surface area contributed by atoms with E-state index in [1.54, 1.807) is 30.8 Å². The lowest BCUT2D eigenvalue weighted by atomic mass is 10.3. The van der Waals surface area contributed by atoms with Gasteiger partial charge < -0.3 is 15.0 Å². The highest BCUT2D eigenvalue weighted by Crippen LogP contribution is 2.12. The van der Waals surface area contributed by atoms with Crippen LogP contribution in [0.15, 0.2) is 12.3 Å². The minimum absolute atomic E-state index is 0.0795. The molecule has 0 aromatic carbocycles. The maximum absolute atomic E-state index is 11.5. The Labute approximate surface area is 87.5 Å². The standard InChI is InChI=1S/C9H13ClN2O2/c1-6(5-13)11-9(14)8-3-7(10)4-12(8)2/h3-4,6,13H,5H2,1-2H3,(H,11,14)/t6-/m1/s1. The summed E-state index contributed by atoms with van der Waals surface area (Å²) in [5, 5.41) is 11.9. The van der Waals surface area contributed by atoms with E-state index in [4.69, 9.17) is 16.7 Å². The van der Waals surface area contributed by atoms with Gasteiger partial charge in [0.1, 0.15) is 5.69 Å². The van der Waals surface area contributed by atoms with Gasteiger partial charge in [-0.3, -0.25) is 4.79 Å². The first kappa shape index (κ1) is 11.1. The largest absolute Gasteiger partial charge is 0.394 e. The average Bonchev–Trinajstić information content (AvgIpc) is 2.45. The number of amides is 1. The summed E-state index contributed by atoms with van der Waals surface area (Å²) in [5.74, 6) is -0.235. The normalized spacial score (nSPS) is 12.6. The number of aryl methyl sites for hydroxylation is 1. The first-order chi connectivity index (χ1) is 6.54. The van der Waals surface area contributed by atoms with Crippen molar-refractivity contribution >= 4 is 17.5 Å². The maximum Gasteiger partial charge on any atom is 0.268 e. The van der Waals surface area contributed by atoms with Gasteiger partial charge in [-0.15, -0.1) is 0 Å². The third kappa shape index (κ3) is 2.49. The number of carbonyl (C=O) groups is 1. The highest BCUT2D eigenvalue weighted by Gasteiger charge is 2.12. The molecule has 0 saturated carbocycles. The summed E-state index contributed by atoms with van der Waals surface area (Å²) in [7, 11) is 1.74. The van der Waals surface area contributed by atoms with Gasteiger partial charge in [0.2, 0.25) is 0 Å². The van der Waals surface area contributed by atoms with E-state index in [2.05, 4.69) is 5.32 Å². The Hall–Kier alpha value is -1.00. The molecule has 0 spiro atoms. The van der Waals surface area contributed by atoms with Gasteiger partial charge in [-0.2, -0.15) is 0 Å². The smallest absolute Gasteiger partial charge is 0.268 e. The third-order valence-electron chi connectivity index (χ3n) is 1.86. The average molecular weight is 217 g/mol. The SMILES string of the molecule is C[C@H](CO)NC(=O)c1cc(Cl)cn1C. The number of nitrogens with zero attached hydrogens (tertiary/aromatic N) is 1. The molecule has 0 aliphatic rings. The van der Waals surface area contributed by atoms with Crippen molar-refractivity contribution in [2.24, 2.45) is 7.05 Å². The molecule has 1 aromatic rings. The van der Waals surface area contributed by atoms with Crippen LogP contribution in [-0.4, -0.2) is 28.2 Å². The summed E-state index contributed by atoms with van der Waals surface area (Å²) >= 11 is 5.73. The van der Waals surface area contributed by atoms with E-state index < -0.39 is 0 Å². The zero-order valence-corrected chi connectivity index (χ0v) is 8.88. The summed E-state index contributed by atoms with van der Waals surface area (Å²) in [4.78, 5) is 11.5. The van der Waals surface area contributed by atoms with E-state index in [-0.39, 0.29) is 18.6 Å². The van der Waals surface area contributed by atoms with Crippen LogP contribution in [0.3, 0.4) is 0 Å². The number of halogens is 1. The lowest BCUT2D eigenvalue weighted by Gasteiger charge is -2.10. The van der Waals surface area contributed by atoms with Gasteiger partial charge in [-0.25, -0.2) is 0 Å². The van der Waals surface area contributed by atoms with Gasteiger partial charge in [-0.05, 0) is 13.0 Å². The van der Waals surface area contributed by atoms with Gasteiger partial charge in [0, 0.05) is 19.3 Å². The quantitative estimate of drug-likeness (QED) is 0.785. The lowest BCUT2D eigenvalue weighted by molar-refractivity contribution is 0.0914. The molecule has 14 heavy (non-hydrogen) atoms. The van der Waals surface area contributed by atoms with Crippen molar-refractivity contribution in [3.05, 3.63) is 23.0 Å². The number of nitrogens with one attached hydrogen (secondary N) is 1. The highest BCUT2D eigenvalue weighted by molar-refractivity contribution is 6.31. The first-order valence-corrected chi connectivity index (χ1v) is 4.66. The zero-order valence-electron chi connectivity index (χ0n) is 8.12. The summed E-state index contributed by atoms with van der Waals surface area (Å²) in [6.07, 6.45) is 1.65. The van der Waals surface area contributed by atoms with E-state index in [1.807, 2.05) is 0 Å². The number of carbonyl (C=O) groups excluding carboxylic acids is 1. The van der Waals surface area contributed by atoms with Crippen LogP contribution in [0.2, 0.25) is 5.02 Å². The van der Waals surface area contributed by atoms with Crippen molar-refractivity contribution < 1.29 is 9.90 Å². The molecule has 1 amide bonds. The van der Waals surface area contributed by atoms with Gasteiger partial charge >= 0.3 is 0 Å². The summed E-state index contributed by atoms with van der Waals surface area (Å²) < 4.78 is 1.64. The highest BCUT2D eigenvalue weighted by atomic mass is 35.5. The minimum Gasteiger partial charge on any atom is -0.394 e. The van der Waals surface area contributed by atoms with E-state index in [0.717, 1.165) is 0 Å². The first-order valence-electron chi connectivity index (χ1n) is 4.28. The number of aliphatic hydroxyl groups is 1. The second kappa shape index (κ2) is 4.48.